The van der Waals surface area contributed by atoms with Crippen LogP contribution in [0.2, 0.25) is 0 Å². The van der Waals surface area contributed by atoms with Gasteiger partial charge in [-0.15, -0.1) is 0 Å². The monoisotopic (exact) mass is 233 g/mol. The number of para-hydroxylation sites is 2. The predicted molar refractivity (Wildman–Crippen MR) is 68.9 cm³/mol. The SMILES string of the molecule is CC(C)NC(CO)Cn1cnc2ccccc21. The number of nitrogens with one attached hydrogen (secondary N) is 1. The Labute approximate surface area is 101 Å². The Morgan fingerprint density at radius 3 is 2.82 bits per heavy atom. The van der Waals surface area contributed by atoms with Crippen molar-refractivity contribution in [2.24, 2.45) is 0 Å². The van der Waals surface area contributed by atoms with Crippen LogP contribution in [0.1, 0.15) is 13.8 Å². The maximum Gasteiger partial charge on any atom is 0.0958 e. The molecule has 0 fully saturated rings. The van der Waals surface area contributed by atoms with E-state index >= 15 is 0 Å². The Bertz CT molecular complexity index is 478. The average molecular weight is 233 g/mol. The van der Waals surface area contributed by atoms with Gasteiger partial charge >= 0.3 is 0 Å². The van der Waals surface area contributed by atoms with Crippen molar-refractivity contribution < 1.29 is 5.11 Å². The fourth-order valence-electron chi connectivity index (χ4n) is 2.03. The molecule has 0 bridgehead atoms. The van der Waals surface area contributed by atoms with Crippen LogP contribution in [0, 0.1) is 0 Å². The van der Waals surface area contributed by atoms with E-state index in [1.54, 1.807) is 0 Å². The van der Waals surface area contributed by atoms with E-state index in [0.29, 0.717) is 6.04 Å². The lowest BCUT2D eigenvalue weighted by Crippen LogP contribution is -2.40. The maximum atomic E-state index is 9.35. The third-order valence-electron chi connectivity index (χ3n) is 2.73. The summed E-state index contributed by atoms with van der Waals surface area (Å²) in [6, 6.07) is 8.45. The number of aromatic nitrogens is 2. The van der Waals surface area contributed by atoms with Crippen LogP contribution in [0.5, 0.6) is 0 Å². The standard InChI is InChI=1S/C13H19N3O/c1-10(2)15-11(8-17)7-16-9-14-12-5-3-4-6-13(12)16/h3-6,9-11,15,17H,7-8H2,1-2H3. The molecule has 1 heterocycles. The molecule has 0 aliphatic rings. The van der Waals surface area contributed by atoms with Gasteiger partial charge in [-0.05, 0) is 12.1 Å². The Balaban J connectivity index is 2.16. The molecule has 1 aromatic carbocycles. The van der Waals surface area contributed by atoms with Crippen LogP contribution in [-0.4, -0.2) is 33.3 Å². The first-order chi connectivity index (χ1) is 8.20. The predicted octanol–water partition coefficient (Wildman–Crippen LogP) is 1.40. The molecule has 0 saturated heterocycles. The Hall–Kier alpha value is -1.39. The van der Waals surface area contributed by atoms with Crippen molar-refractivity contribution in [3.8, 4) is 0 Å². The van der Waals surface area contributed by atoms with Gasteiger partial charge in [0.2, 0.25) is 0 Å². The number of hydrogen-bond acceptors (Lipinski definition) is 3. The summed E-state index contributed by atoms with van der Waals surface area (Å²) in [5.41, 5.74) is 2.10. The first-order valence-corrected chi connectivity index (χ1v) is 5.97. The number of fused-ring (bicyclic) bond motifs is 1. The van der Waals surface area contributed by atoms with Crippen LogP contribution in [0.25, 0.3) is 11.0 Å². The summed E-state index contributed by atoms with van der Waals surface area (Å²) in [5, 5.41) is 12.7. The molecule has 0 aliphatic heterocycles. The van der Waals surface area contributed by atoms with Crippen molar-refractivity contribution in [3.63, 3.8) is 0 Å². The second-order valence-electron chi connectivity index (χ2n) is 4.59. The quantitative estimate of drug-likeness (QED) is 0.820. The van der Waals surface area contributed by atoms with Crippen molar-refractivity contribution in [2.45, 2.75) is 32.5 Å². The van der Waals surface area contributed by atoms with Gasteiger partial charge in [-0.1, -0.05) is 26.0 Å². The molecule has 0 aliphatic carbocycles. The van der Waals surface area contributed by atoms with Crippen LogP contribution in [0.3, 0.4) is 0 Å². The summed E-state index contributed by atoms with van der Waals surface area (Å²) in [4.78, 5) is 4.34. The van der Waals surface area contributed by atoms with Crippen LogP contribution in [0.15, 0.2) is 30.6 Å². The molecular formula is C13H19N3O. The highest BCUT2D eigenvalue weighted by Crippen LogP contribution is 2.12. The average Bonchev–Trinajstić information content (AvgIpc) is 2.71. The van der Waals surface area contributed by atoms with E-state index < -0.39 is 0 Å². The zero-order valence-electron chi connectivity index (χ0n) is 10.3. The van der Waals surface area contributed by atoms with Gasteiger partial charge in [0.1, 0.15) is 0 Å². The van der Waals surface area contributed by atoms with Gasteiger partial charge in [-0.3, -0.25) is 0 Å². The minimum atomic E-state index is 0.0626. The highest BCUT2D eigenvalue weighted by molar-refractivity contribution is 5.74. The molecule has 92 valence electrons. The number of hydrogen-bond donors (Lipinski definition) is 2. The number of rotatable bonds is 5. The second kappa shape index (κ2) is 5.29. The zero-order chi connectivity index (χ0) is 12.3. The molecule has 1 atom stereocenters. The molecule has 4 nitrogen and oxygen atoms in total. The Kier molecular flexibility index (Phi) is 3.76. The lowest BCUT2D eigenvalue weighted by molar-refractivity contribution is 0.222. The Morgan fingerprint density at radius 2 is 2.12 bits per heavy atom. The normalized spacial score (nSPS) is 13.4. The third kappa shape index (κ3) is 2.84. The summed E-state index contributed by atoms with van der Waals surface area (Å²) in [5.74, 6) is 0. The van der Waals surface area contributed by atoms with Gasteiger partial charge in [0.05, 0.1) is 24.0 Å². The first-order valence-electron chi connectivity index (χ1n) is 5.97. The molecule has 0 radical (unpaired) electrons. The van der Waals surface area contributed by atoms with Crippen LogP contribution in [0.4, 0.5) is 0 Å². The summed E-state index contributed by atoms with van der Waals surface area (Å²) < 4.78 is 2.08. The van der Waals surface area contributed by atoms with Gasteiger partial charge in [-0.2, -0.15) is 0 Å². The second-order valence-corrected chi connectivity index (χ2v) is 4.59. The van der Waals surface area contributed by atoms with E-state index in [1.165, 1.54) is 0 Å². The van der Waals surface area contributed by atoms with Crippen LogP contribution >= 0.6 is 0 Å². The fourth-order valence-corrected chi connectivity index (χ4v) is 2.03. The number of imidazole rings is 1. The zero-order valence-corrected chi connectivity index (χ0v) is 10.3. The van der Waals surface area contributed by atoms with Crippen molar-refractivity contribution in [1.29, 1.82) is 0 Å². The number of aliphatic hydroxyl groups is 1. The van der Waals surface area contributed by atoms with Gasteiger partial charge in [0.15, 0.2) is 0 Å². The van der Waals surface area contributed by atoms with Gasteiger partial charge in [0, 0.05) is 18.6 Å². The summed E-state index contributed by atoms with van der Waals surface area (Å²) in [6.45, 7) is 5.02. The van der Waals surface area contributed by atoms with Gasteiger partial charge in [0.25, 0.3) is 0 Å². The minimum Gasteiger partial charge on any atom is -0.395 e. The topological polar surface area (TPSA) is 50.1 Å². The molecule has 2 aromatic rings. The fraction of sp³-hybridized carbons (Fsp3) is 0.462. The lowest BCUT2D eigenvalue weighted by atomic mass is 10.2. The largest absolute Gasteiger partial charge is 0.395 e. The smallest absolute Gasteiger partial charge is 0.0958 e. The molecule has 0 spiro atoms. The molecule has 2 N–H and O–H groups in total. The first kappa shape index (κ1) is 12.1. The molecule has 2 rings (SSSR count). The highest BCUT2D eigenvalue weighted by atomic mass is 16.3. The lowest BCUT2D eigenvalue weighted by Gasteiger charge is -2.19. The number of benzene rings is 1. The number of nitrogens with zero attached hydrogens (tertiary/aromatic N) is 2. The van der Waals surface area contributed by atoms with Gasteiger partial charge in [-0.25, -0.2) is 4.98 Å². The summed E-state index contributed by atoms with van der Waals surface area (Å²) in [6.07, 6.45) is 1.83. The number of aliphatic hydroxyl groups excluding tert-OH is 1. The van der Waals surface area contributed by atoms with E-state index in [1.807, 2.05) is 30.6 Å². The Morgan fingerprint density at radius 1 is 1.35 bits per heavy atom. The van der Waals surface area contributed by atoms with Gasteiger partial charge < -0.3 is 15.0 Å². The van der Waals surface area contributed by atoms with E-state index in [0.717, 1.165) is 17.6 Å². The summed E-state index contributed by atoms with van der Waals surface area (Å²) >= 11 is 0. The van der Waals surface area contributed by atoms with E-state index in [4.69, 9.17) is 0 Å². The molecule has 4 heteroatoms. The van der Waals surface area contributed by atoms with E-state index in [9.17, 15) is 5.11 Å². The molecule has 0 saturated carbocycles. The van der Waals surface area contributed by atoms with E-state index in [2.05, 4.69) is 28.7 Å². The maximum absolute atomic E-state index is 9.35. The van der Waals surface area contributed by atoms with Crippen LogP contribution < -0.4 is 5.32 Å². The van der Waals surface area contributed by atoms with Crippen molar-refractivity contribution in [1.82, 2.24) is 14.9 Å². The van der Waals surface area contributed by atoms with Crippen molar-refractivity contribution >= 4 is 11.0 Å². The van der Waals surface area contributed by atoms with Crippen molar-refractivity contribution in [3.05, 3.63) is 30.6 Å². The molecule has 0 amide bonds. The minimum absolute atomic E-state index is 0.0626. The van der Waals surface area contributed by atoms with Crippen LogP contribution in [-0.2, 0) is 6.54 Å². The molecule has 1 unspecified atom stereocenters. The third-order valence-corrected chi connectivity index (χ3v) is 2.73. The van der Waals surface area contributed by atoms with Crippen molar-refractivity contribution in [2.75, 3.05) is 6.61 Å². The highest BCUT2D eigenvalue weighted by Gasteiger charge is 2.11. The molecule has 1 aromatic heterocycles. The summed E-state index contributed by atoms with van der Waals surface area (Å²) in [7, 11) is 0. The van der Waals surface area contributed by atoms with E-state index in [-0.39, 0.29) is 12.6 Å². The molecular weight excluding hydrogens is 214 g/mol. The molecule has 17 heavy (non-hydrogen) atoms.